The molecule has 0 spiro atoms. The Morgan fingerprint density at radius 1 is 1.40 bits per heavy atom. The van der Waals surface area contributed by atoms with Crippen LogP contribution in [0.5, 0.6) is 5.75 Å². The molecular weight excluding hydrogens is 192 g/mol. The van der Waals surface area contributed by atoms with E-state index in [0.717, 1.165) is 0 Å². The average molecular weight is 208 g/mol. The summed E-state index contributed by atoms with van der Waals surface area (Å²) in [7, 11) is 1.72. The molecule has 0 aliphatic rings. The number of hydrogen-bond donors (Lipinski definition) is 3. The molecule has 0 unspecified atom stereocenters. The molecule has 0 aromatic heterocycles. The second kappa shape index (κ2) is 4.31. The summed E-state index contributed by atoms with van der Waals surface area (Å²) >= 11 is 0. The lowest BCUT2D eigenvalue weighted by Gasteiger charge is -2.22. The zero-order valence-corrected chi connectivity index (χ0v) is 9.16. The Labute approximate surface area is 89.3 Å². The van der Waals surface area contributed by atoms with E-state index in [-0.39, 0.29) is 11.7 Å². The number of phenolic OH excluding ortho intramolecular Hbond substituents is 1. The highest BCUT2D eigenvalue weighted by Crippen LogP contribution is 2.16. The van der Waals surface area contributed by atoms with Crippen molar-refractivity contribution in [3.8, 4) is 5.75 Å². The van der Waals surface area contributed by atoms with E-state index in [9.17, 15) is 9.90 Å². The minimum Gasteiger partial charge on any atom is -0.508 e. The lowest BCUT2D eigenvalue weighted by atomic mass is 10.1. The molecule has 1 aromatic carbocycles. The smallest absolute Gasteiger partial charge is 0.244 e. The van der Waals surface area contributed by atoms with E-state index < -0.39 is 5.54 Å². The molecule has 0 fully saturated rings. The van der Waals surface area contributed by atoms with E-state index in [2.05, 4.69) is 10.6 Å². The molecule has 82 valence electrons. The van der Waals surface area contributed by atoms with Gasteiger partial charge < -0.3 is 15.7 Å². The number of carbonyl (C=O) groups is 1. The van der Waals surface area contributed by atoms with Crippen LogP contribution in [0.1, 0.15) is 13.8 Å². The normalized spacial score (nSPS) is 11.1. The largest absolute Gasteiger partial charge is 0.508 e. The average Bonchev–Trinajstić information content (AvgIpc) is 2.17. The highest BCUT2D eigenvalue weighted by Gasteiger charge is 2.24. The standard InChI is InChI=1S/C11H16N2O2/c1-11(2,12-3)10(15)13-8-5-4-6-9(14)7-8/h4-7,12,14H,1-3H3,(H,13,15). The summed E-state index contributed by atoms with van der Waals surface area (Å²) in [6, 6.07) is 6.46. The van der Waals surface area contributed by atoms with Gasteiger partial charge in [0, 0.05) is 11.8 Å². The van der Waals surface area contributed by atoms with Gasteiger partial charge in [0.15, 0.2) is 0 Å². The van der Waals surface area contributed by atoms with Crippen molar-refractivity contribution in [3.05, 3.63) is 24.3 Å². The summed E-state index contributed by atoms with van der Waals surface area (Å²) in [5.74, 6) is -0.00864. The highest BCUT2D eigenvalue weighted by atomic mass is 16.3. The quantitative estimate of drug-likeness (QED) is 0.702. The van der Waals surface area contributed by atoms with Gasteiger partial charge in [-0.2, -0.15) is 0 Å². The maximum Gasteiger partial charge on any atom is 0.244 e. The Bertz CT molecular complexity index is 361. The Balaban J connectivity index is 2.75. The first kappa shape index (κ1) is 11.5. The molecule has 0 saturated heterocycles. The first-order chi connectivity index (χ1) is 6.95. The van der Waals surface area contributed by atoms with Gasteiger partial charge in [-0.15, -0.1) is 0 Å². The molecule has 0 aliphatic carbocycles. The van der Waals surface area contributed by atoms with Crippen LogP contribution in [0.4, 0.5) is 5.69 Å². The van der Waals surface area contributed by atoms with Crippen LogP contribution in [-0.2, 0) is 4.79 Å². The minimum absolute atomic E-state index is 0.134. The van der Waals surface area contributed by atoms with Crippen molar-refractivity contribution in [1.29, 1.82) is 0 Å². The molecule has 3 N–H and O–H groups in total. The van der Waals surface area contributed by atoms with Crippen LogP contribution in [0.3, 0.4) is 0 Å². The maximum atomic E-state index is 11.7. The molecule has 4 heteroatoms. The summed E-state index contributed by atoms with van der Waals surface area (Å²) in [6.07, 6.45) is 0. The molecule has 1 aromatic rings. The van der Waals surface area contributed by atoms with E-state index >= 15 is 0 Å². The van der Waals surface area contributed by atoms with Crippen LogP contribution >= 0.6 is 0 Å². The lowest BCUT2D eigenvalue weighted by molar-refractivity contribution is -0.121. The van der Waals surface area contributed by atoms with Crippen molar-refractivity contribution in [3.63, 3.8) is 0 Å². The Morgan fingerprint density at radius 2 is 2.07 bits per heavy atom. The van der Waals surface area contributed by atoms with Gasteiger partial charge in [-0.25, -0.2) is 0 Å². The number of hydrogen-bond acceptors (Lipinski definition) is 3. The molecule has 0 heterocycles. The van der Waals surface area contributed by atoms with Crippen LogP contribution in [0.25, 0.3) is 0 Å². The van der Waals surface area contributed by atoms with Crippen LogP contribution in [0, 0.1) is 0 Å². The fraction of sp³-hybridized carbons (Fsp3) is 0.364. The SMILES string of the molecule is CNC(C)(C)C(=O)Nc1cccc(O)c1. The number of phenols is 1. The Morgan fingerprint density at radius 3 is 2.60 bits per heavy atom. The molecule has 1 rings (SSSR count). The van der Waals surface area contributed by atoms with Crippen molar-refractivity contribution in [1.82, 2.24) is 5.32 Å². The second-order valence-corrected chi connectivity index (χ2v) is 3.88. The zero-order chi connectivity index (χ0) is 11.5. The fourth-order valence-corrected chi connectivity index (χ4v) is 0.985. The molecule has 4 nitrogen and oxygen atoms in total. The van der Waals surface area contributed by atoms with E-state index in [1.807, 2.05) is 0 Å². The van der Waals surface area contributed by atoms with Crippen molar-refractivity contribution < 1.29 is 9.90 Å². The Hall–Kier alpha value is -1.55. The summed E-state index contributed by atoms with van der Waals surface area (Å²) in [4.78, 5) is 11.7. The fourth-order valence-electron chi connectivity index (χ4n) is 0.985. The van der Waals surface area contributed by atoms with E-state index in [1.165, 1.54) is 6.07 Å². The third-order valence-corrected chi connectivity index (χ3v) is 2.30. The number of nitrogens with one attached hydrogen (secondary N) is 2. The summed E-state index contributed by atoms with van der Waals surface area (Å²) < 4.78 is 0. The molecule has 1 amide bonds. The van der Waals surface area contributed by atoms with Crippen molar-refractivity contribution in [2.24, 2.45) is 0 Å². The number of anilines is 1. The molecule has 0 saturated carbocycles. The first-order valence-corrected chi connectivity index (χ1v) is 4.75. The summed E-state index contributed by atoms with van der Waals surface area (Å²) in [5, 5.41) is 14.8. The van der Waals surface area contributed by atoms with Crippen molar-refractivity contribution in [2.45, 2.75) is 19.4 Å². The van der Waals surface area contributed by atoms with Gasteiger partial charge in [-0.05, 0) is 33.0 Å². The van der Waals surface area contributed by atoms with Gasteiger partial charge in [-0.1, -0.05) is 6.07 Å². The summed E-state index contributed by atoms with van der Waals surface area (Å²) in [5.41, 5.74) is -0.0471. The zero-order valence-electron chi connectivity index (χ0n) is 9.16. The molecular formula is C11H16N2O2. The number of rotatable bonds is 3. The van der Waals surface area contributed by atoms with E-state index in [0.29, 0.717) is 5.69 Å². The van der Waals surface area contributed by atoms with Crippen LogP contribution in [-0.4, -0.2) is 23.6 Å². The van der Waals surface area contributed by atoms with E-state index in [1.54, 1.807) is 39.1 Å². The maximum absolute atomic E-state index is 11.7. The third kappa shape index (κ3) is 2.95. The predicted molar refractivity (Wildman–Crippen MR) is 59.9 cm³/mol. The van der Waals surface area contributed by atoms with Gasteiger partial charge >= 0.3 is 0 Å². The minimum atomic E-state index is -0.633. The topological polar surface area (TPSA) is 61.4 Å². The monoisotopic (exact) mass is 208 g/mol. The first-order valence-electron chi connectivity index (χ1n) is 4.75. The summed E-state index contributed by atoms with van der Waals surface area (Å²) in [6.45, 7) is 3.57. The van der Waals surface area contributed by atoms with Gasteiger partial charge in [0.25, 0.3) is 0 Å². The van der Waals surface area contributed by atoms with Gasteiger partial charge in [-0.3, -0.25) is 4.79 Å². The van der Waals surface area contributed by atoms with Crippen LogP contribution in [0.2, 0.25) is 0 Å². The number of aromatic hydroxyl groups is 1. The van der Waals surface area contributed by atoms with Crippen LogP contribution in [0.15, 0.2) is 24.3 Å². The number of carbonyl (C=O) groups excluding carboxylic acids is 1. The van der Waals surface area contributed by atoms with Crippen molar-refractivity contribution in [2.75, 3.05) is 12.4 Å². The van der Waals surface area contributed by atoms with Crippen molar-refractivity contribution >= 4 is 11.6 Å². The molecule has 0 aliphatic heterocycles. The second-order valence-electron chi connectivity index (χ2n) is 3.88. The lowest BCUT2D eigenvalue weighted by Crippen LogP contribution is -2.47. The molecule has 0 radical (unpaired) electrons. The van der Waals surface area contributed by atoms with Crippen LogP contribution < -0.4 is 10.6 Å². The molecule has 0 atom stereocenters. The molecule has 15 heavy (non-hydrogen) atoms. The van der Waals surface area contributed by atoms with Gasteiger partial charge in [0.2, 0.25) is 5.91 Å². The Kier molecular flexibility index (Phi) is 3.31. The number of benzene rings is 1. The third-order valence-electron chi connectivity index (χ3n) is 2.30. The van der Waals surface area contributed by atoms with Gasteiger partial charge in [0.1, 0.15) is 5.75 Å². The predicted octanol–water partition coefficient (Wildman–Crippen LogP) is 1.33. The van der Waals surface area contributed by atoms with Gasteiger partial charge in [0.05, 0.1) is 5.54 Å². The van der Waals surface area contributed by atoms with E-state index in [4.69, 9.17) is 0 Å². The number of likely N-dealkylation sites (N-methyl/N-ethyl adjacent to an activating group) is 1. The highest BCUT2D eigenvalue weighted by molar-refractivity contribution is 5.97. The number of amides is 1. The molecule has 0 bridgehead atoms.